The van der Waals surface area contributed by atoms with Gasteiger partial charge in [0.05, 0.1) is 4.88 Å². The molecule has 2 aromatic heterocycles. The van der Waals surface area contributed by atoms with Crippen molar-refractivity contribution in [3.63, 3.8) is 0 Å². The molecule has 2 aromatic rings. The maximum atomic E-state index is 12.6. The molecular weight excluding hydrogens is 342 g/mol. The summed E-state index contributed by atoms with van der Waals surface area (Å²) in [5, 5.41) is 5.85. The third-order valence-corrected chi connectivity index (χ3v) is 5.46. The van der Waals surface area contributed by atoms with Gasteiger partial charge >= 0.3 is 0 Å². The van der Waals surface area contributed by atoms with Crippen molar-refractivity contribution < 1.29 is 18.8 Å². The predicted octanol–water partition coefficient (Wildman–Crippen LogP) is 1.87. The SMILES string of the molecule is O=C(c1cc(-c2cccs2)on1)N1CCN(C(=O)C2CCCO2)CC1. The summed E-state index contributed by atoms with van der Waals surface area (Å²) in [5.74, 6) is 0.493. The lowest BCUT2D eigenvalue weighted by Crippen LogP contribution is -2.52. The molecule has 8 heteroatoms. The van der Waals surface area contributed by atoms with Crippen LogP contribution in [0.5, 0.6) is 0 Å². The normalized spacial score (nSPS) is 20.9. The van der Waals surface area contributed by atoms with Crippen LogP contribution in [0.4, 0.5) is 0 Å². The molecule has 132 valence electrons. The van der Waals surface area contributed by atoms with Crippen molar-refractivity contribution in [2.24, 2.45) is 0 Å². The monoisotopic (exact) mass is 361 g/mol. The fourth-order valence-electron chi connectivity index (χ4n) is 3.18. The van der Waals surface area contributed by atoms with Crippen LogP contribution in [-0.4, -0.2) is 65.7 Å². The van der Waals surface area contributed by atoms with Gasteiger partial charge in [0, 0.05) is 38.9 Å². The molecule has 7 nitrogen and oxygen atoms in total. The fraction of sp³-hybridized carbons (Fsp3) is 0.471. The molecule has 0 aliphatic carbocycles. The molecule has 4 rings (SSSR count). The van der Waals surface area contributed by atoms with Crippen LogP contribution < -0.4 is 0 Å². The van der Waals surface area contributed by atoms with Crippen molar-refractivity contribution in [1.82, 2.24) is 15.0 Å². The van der Waals surface area contributed by atoms with E-state index in [9.17, 15) is 9.59 Å². The number of carbonyl (C=O) groups is 2. The molecule has 2 saturated heterocycles. The Morgan fingerprint density at radius 3 is 2.68 bits per heavy atom. The van der Waals surface area contributed by atoms with Gasteiger partial charge in [-0.1, -0.05) is 11.2 Å². The molecule has 1 atom stereocenters. The van der Waals surface area contributed by atoms with E-state index in [1.807, 2.05) is 17.5 Å². The zero-order valence-electron chi connectivity index (χ0n) is 13.7. The van der Waals surface area contributed by atoms with Crippen molar-refractivity contribution >= 4 is 23.2 Å². The summed E-state index contributed by atoms with van der Waals surface area (Å²) in [5.41, 5.74) is 0.308. The van der Waals surface area contributed by atoms with Gasteiger partial charge in [-0.3, -0.25) is 9.59 Å². The summed E-state index contributed by atoms with van der Waals surface area (Å²) >= 11 is 1.54. The van der Waals surface area contributed by atoms with Crippen LogP contribution in [-0.2, 0) is 9.53 Å². The van der Waals surface area contributed by atoms with Gasteiger partial charge in [0.2, 0.25) is 0 Å². The average molecular weight is 361 g/mol. The largest absolute Gasteiger partial charge is 0.368 e. The van der Waals surface area contributed by atoms with Gasteiger partial charge in [-0.25, -0.2) is 0 Å². The third kappa shape index (κ3) is 3.32. The van der Waals surface area contributed by atoms with Gasteiger partial charge in [-0.05, 0) is 24.3 Å². The van der Waals surface area contributed by atoms with Crippen molar-refractivity contribution in [3.8, 4) is 10.6 Å². The zero-order valence-corrected chi connectivity index (χ0v) is 14.5. The first-order valence-corrected chi connectivity index (χ1v) is 9.30. The van der Waals surface area contributed by atoms with Crippen molar-refractivity contribution in [3.05, 3.63) is 29.3 Å². The molecule has 0 N–H and O–H groups in total. The minimum absolute atomic E-state index is 0.0472. The Labute approximate surface area is 149 Å². The molecule has 0 aromatic carbocycles. The number of rotatable bonds is 3. The van der Waals surface area contributed by atoms with E-state index in [1.54, 1.807) is 15.9 Å². The van der Waals surface area contributed by atoms with Crippen LogP contribution in [0, 0.1) is 0 Å². The number of nitrogens with zero attached hydrogens (tertiary/aromatic N) is 3. The molecule has 2 aliphatic heterocycles. The number of thiophene rings is 1. The summed E-state index contributed by atoms with van der Waals surface area (Å²) < 4.78 is 10.7. The van der Waals surface area contributed by atoms with Crippen LogP contribution in [0.25, 0.3) is 10.6 Å². The standard InChI is InChI=1S/C17H19N3O4S/c21-16(12-11-14(24-18-12)15-4-2-10-25-15)19-5-7-20(8-6-19)17(22)13-3-1-9-23-13/h2,4,10-11,13H,1,3,5-9H2. The number of hydrogen-bond donors (Lipinski definition) is 0. The highest BCUT2D eigenvalue weighted by Crippen LogP contribution is 2.25. The average Bonchev–Trinajstić information content (AvgIpc) is 3.42. The first-order valence-electron chi connectivity index (χ1n) is 8.42. The van der Waals surface area contributed by atoms with Gasteiger partial charge in [-0.15, -0.1) is 11.3 Å². The first kappa shape index (κ1) is 16.3. The molecule has 0 spiro atoms. The summed E-state index contributed by atoms with van der Waals surface area (Å²) in [4.78, 5) is 29.4. The Morgan fingerprint density at radius 2 is 2.00 bits per heavy atom. The summed E-state index contributed by atoms with van der Waals surface area (Å²) in [6.07, 6.45) is 1.43. The van der Waals surface area contributed by atoms with E-state index in [1.165, 1.54) is 11.3 Å². The smallest absolute Gasteiger partial charge is 0.276 e. The summed E-state index contributed by atoms with van der Waals surface area (Å²) in [6.45, 7) is 2.71. The van der Waals surface area contributed by atoms with E-state index >= 15 is 0 Å². The Bertz CT molecular complexity index is 744. The number of piperazine rings is 1. The Hall–Kier alpha value is -2.19. The molecule has 2 fully saturated rings. The molecular formula is C17H19N3O4S. The van der Waals surface area contributed by atoms with Crippen molar-refractivity contribution in [2.75, 3.05) is 32.8 Å². The third-order valence-electron chi connectivity index (χ3n) is 4.58. The molecule has 0 bridgehead atoms. The molecule has 4 heterocycles. The molecule has 1 unspecified atom stereocenters. The Balaban J connectivity index is 1.36. The lowest BCUT2D eigenvalue weighted by atomic mass is 10.2. The Morgan fingerprint density at radius 1 is 1.20 bits per heavy atom. The first-order chi connectivity index (χ1) is 12.2. The number of hydrogen-bond acceptors (Lipinski definition) is 6. The van der Waals surface area contributed by atoms with E-state index in [2.05, 4.69) is 5.16 Å². The fourth-order valence-corrected chi connectivity index (χ4v) is 3.85. The van der Waals surface area contributed by atoms with Crippen LogP contribution in [0.1, 0.15) is 23.3 Å². The minimum Gasteiger partial charge on any atom is -0.368 e. The summed E-state index contributed by atoms with van der Waals surface area (Å²) in [7, 11) is 0. The Kier molecular flexibility index (Phi) is 4.54. The van der Waals surface area contributed by atoms with Gasteiger partial charge < -0.3 is 19.1 Å². The number of aromatic nitrogens is 1. The quantitative estimate of drug-likeness (QED) is 0.834. The molecule has 0 saturated carbocycles. The van der Waals surface area contributed by atoms with E-state index in [0.717, 1.165) is 17.7 Å². The minimum atomic E-state index is -0.300. The molecule has 2 aliphatic rings. The van der Waals surface area contributed by atoms with Crippen LogP contribution in [0.2, 0.25) is 0 Å². The number of carbonyl (C=O) groups excluding carboxylic acids is 2. The van der Waals surface area contributed by atoms with Crippen LogP contribution >= 0.6 is 11.3 Å². The van der Waals surface area contributed by atoms with Gasteiger partial charge in [0.15, 0.2) is 11.5 Å². The van der Waals surface area contributed by atoms with Gasteiger partial charge in [-0.2, -0.15) is 0 Å². The predicted molar refractivity (Wildman–Crippen MR) is 91.3 cm³/mol. The molecule has 0 radical (unpaired) electrons. The summed E-state index contributed by atoms with van der Waals surface area (Å²) in [6, 6.07) is 5.53. The van der Waals surface area contributed by atoms with Crippen LogP contribution in [0.15, 0.2) is 28.1 Å². The van der Waals surface area contributed by atoms with Crippen molar-refractivity contribution in [1.29, 1.82) is 0 Å². The van der Waals surface area contributed by atoms with Crippen LogP contribution in [0.3, 0.4) is 0 Å². The van der Waals surface area contributed by atoms with Gasteiger partial charge in [0.25, 0.3) is 11.8 Å². The highest BCUT2D eigenvalue weighted by Gasteiger charge is 2.32. The maximum Gasteiger partial charge on any atom is 0.276 e. The lowest BCUT2D eigenvalue weighted by Gasteiger charge is -2.35. The van der Waals surface area contributed by atoms with E-state index in [0.29, 0.717) is 44.2 Å². The highest BCUT2D eigenvalue weighted by atomic mass is 32.1. The van der Waals surface area contributed by atoms with E-state index < -0.39 is 0 Å². The van der Waals surface area contributed by atoms with Crippen molar-refractivity contribution in [2.45, 2.75) is 18.9 Å². The molecule has 25 heavy (non-hydrogen) atoms. The topological polar surface area (TPSA) is 75.9 Å². The number of ether oxygens (including phenoxy) is 1. The highest BCUT2D eigenvalue weighted by molar-refractivity contribution is 7.13. The van der Waals surface area contributed by atoms with Gasteiger partial charge in [0.1, 0.15) is 6.10 Å². The second-order valence-corrected chi connectivity index (χ2v) is 7.12. The number of amides is 2. The second kappa shape index (κ2) is 6.97. The lowest BCUT2D eigenvalue weighted by molar-refractivity contribution is -0.142. The zero-order chi connectivity index (χ0) is 17.2. The molecule has 2 amide bonds. The van der Waals surface area contributed by atoms with E-state index in [4.69, 9.17) is 9.26 Å². The van der Waals surface area contributed by atoms with E-state index in [-0.39, 0.29) is 17.9 Å². The maximum absolute atomic E-state index is 12.6. The second-order valence-electron chi connectivity index (χ2n) is 6.17.